The molecule has 0 N–H and O–H groups in total. The molecule has 0 aromatic carbocycles. The largest absolute Gasteiger partial charge is 0.283 e. The van der Waals surface area contributed by atoms with Crippen LogP contribution in [0.4, 0.5) is 0 Å². The van der Waals surface area contributed by atoms with Gasteiger partial charge in [0.15, 0.2) is 0 Å². The molecule has 0 fully saturated rings. The summed E-state index contributed by atoms with van der Waals surface area (Å²) < 4.78 is 0. The first-order valence-electron chi connectivity index (χ1n) is 3.90. The molecule has 2 amide bonds. The highest BCUT2D eigenvalue weighted by Crippen LogP contribution is 2.01. The second kappa shape index (κ2) is 4.70. The summed E-state index contributed by atoms with van der Waals surface area (Å²) in [4.78, 5) is 23.0. The average Bonchev–Trinajstić information content (AvgIpc) is 1.98. The summed E-state index contributed by atoms with van der Waals surface area (Å²) in [6.45, 7) is 8.69. The molecule has 0 aliphatic heterocycles. The van der Waals surface area contributed by atoms with Crippen LogP contribution in [0, 0.1) is 5.92 Å². The zero-order valence-corrected chi connectivity index (χ0v) is 7.83. The van der Waals surface area contributed by atoms with Crippen LogP contribution in [0.5, 0.6) is 0 Å². The van der Waals surface area contributed by atoms with Gasteiger partial charge in [-0.3, -0.25) is 14.5 Å². The van der Waals surface area contributed by atoms with Crippen LogP contribution in [-0.2, 0) is 9.59 Å². The fourth-order valence-electron chi connectivity index (χ4n) is 0.841. The van der Waals surface area contributed by atoms with E-state index in [1.54, 1.807) is 6.08 Å². The smallest absolute Gasteiger partial charge is 0.226 e. The topological polar surface area (TPSA) is 37.4 Å². The number of imide groups is 1. The van der Waals surface area contributed by atoms with Crippen molar-refractivity contribution in [3.63, 3.8) is 0 Å². The average molecular weight is 169 g/mol. The molecule has 0 saturated heterocycles. The minimum absolute atomic E-state index is 0.151. The van der Waals surface area contributed by atoms with Crippen molar-refractivity contribution in [3.05, 3.63) is 12.7 Å². The van der Waals surface area contributed by atoms with Crippen molar-refractivity contribution < 1.29 is 9.59 Å². The standard InChI is InChI=1S/C9H15NO2/c1-5-7(2)6-10(8(3)11)9(4)12/h5,7H,1,6H2,2-4H3. The molecule has 12 heavy (non-hydrogen) atoms. The Hall–Kier alpha value is -1.12. The molecule has 3 nitrogen and oxygen atoms in total. The summed E-state index contributed by atoms with van der Waals surface area (Å²) >= 11 is 0. The number of carbonyl (C=O) groups is 2. The lowest BCUT2D eigenvalue weighted by Gasteiger charge is -2.19. The van der Waals surface area contributed by atoms with Crippen molar-refractivity contribution in [3.8, 4) is 0 Å². The zero-order valence-electron chi connectivity index (χ0n) is 7.83. The maximum atomic E-state index is 10.9. The molecule has 0 aromatic rings. The van der Waals surface area contributed by atoms with Gasteiger partial charge in [-0.25, -0.2) is 0 Å². The van der Waals surface area contributed by atoms with Crippen molar-refractivity contribution >= 4 is 11.8 Å². The predicted molar refractivity (Wildman–Crippen MR) is 47.4 cm³/mol. The second-order valence-electron chi connectivity index (χ2n) is 2.86. The lowest BCUT2D eigenvalue weighted by molar-refractivity contribution is -0.142. The van der Waals surface area contributed by atoms with E-state index in [2.05, 4.69) is 6.58 Å². The minimum Gasteiger partial charge on any atom is -0.283 e. The Morgan fingerprint density at radius 2 is 1.83 bits per heavy atom. The van der Waals surface area contributed by atoms with E-state index in [0.717, 1.165) is 0 Å². The van der Waals surface area contributed by atoms with Crippen LogP contribution in [0.2, 0.25) is 0 Å². The predicted octanol–water partition coefficient (Wildman–Crippen LogP) is 1.20. The minimum atomic E-state index is -0.212. The van der Waals surface area contributed by atoms with E-state index in [1.807, 2.05) is 6.92 Å². The Kier molecular flexibility index (Phi) is 4.26. The highest BCUT2D eigenvalue weighted by molar-refractivity contribution is 5.92. The molecule has 0 aromatic heterocycles. The highest BCUT2D eigenvalue weighted by Gasteiger charge is 2.14. The van der Waals surface area contributed by atoms with Crippen LogP contribution in [0.1, 0.15) is 20.8 Å². The van der Waals surface area contributed by atoms with E-state index in [1.165, 1.54) is 18.7 Å². The SMILES string of the molecule is C=CC(C)CN(C(C)=O)C(C)=O. The van der Waals surface area contributed by atoms with Gasteiger partial charge in [0.1, 0.15) is 0 Å². The first kappa shape index (κ1) is 10.9. The van der Waals surface area contributed by atoms with Gasteiger partial charge in [0.2, 0.25) is 11.8 Å². The Morgan fingerprint density at radius 3 is 2.08 bits per heavy atom. The van der Waals surface area contributed by atoms with Gasteiger partial charge >= 0.3 is 0 Å². The van der Waals surface area contributed by atoms with Gasteiger partial charge in [-0.2, -0.15) is 0 Å². The first-order valence-corrected chi connectivity index (χ1v) is 3.90. The third kappa shape index (κ3) is 3.32. The number of carbonyl (C=O) groups excluding carboxylic acids is 2. The Bertz CT molecular complexity index is 185. The van der Waals surface area contributed by atoms with Crippen molar-refractivity contribution in [2.75, 3.05) is 6.54 Å². The number of nitrogens with zero attached hydrogens (tertiary/aromatic N) is 1. The third-order valence-electron chi connectivity index (χ3n) is 1.63. The van der Waals surface area contributed by atoms with Crippen molar-refractivity contribution in [2.24, 2.45) is 5.92 Å². The fourth-order valence-corrected chi connectivity index (χ4v) is 0.841. The number of amides is 2. The van der Waals surface area contributed by atoms with E-state index >= 15 is 0 Å². The normalized spacial score (nSPS) is 11.9. The lowest BCUT2D eigenvalue weighted by atomic mass is 10.1. The summed E-state index contributed by atoms with van der Waals surface area (Å²) in [5.74, 6) is -0.273. The molecule has 0 saturated carbocycles. The molecule has 3 heteroatoms. The van der Waals surface area contributed by atoms with E-state index < -0.39 is 0 Å². The van der Waals surface area contributed by atoms with Gasteiger partial charge in [0, 0.05) is 20.4 Å². The van der Waals surface area contributed by atoms with Crippen LogP contribution in [0.25, 0.3) is 0 Å². The fraction of sp³-hybridized carbons (Fsp3) is 0.556. The maximum absolute atomic E-state index is 10.9. The summed E-state index contributed by atoms with van der Waals surface area (Å²) in [6.07, 6.45) is 1.72. The van der Waals surface area contributed by atoms with Gasteiger partial charge in [0.25, 0.3) is 0 Å². The van der Waals surface area contributed by atoms with Gasteiger partial charge in [-0.1, -0.05) is 13.0 Å². The van der Waals surface area contributed by atoms with Crippen LogP contribution in [-0.4, -0.2) is 23.3 Å². The molecular formula is C9H15NO2. The summed E-state index contributed by atoms with van der Waals surface area (Å²) in [5, 5.41) is 0. The summed E-state index contributed by atoms with van der Waals surface area (Å²) in [6, 6.07) is 0. The molecule has 0 rings (SSSR count). The van der Waals surface area contributed by atoms with Crippen molar-refractivity contribution in [2.45, 2.75) is 20.8 Å². The molecule has 0 aliphatic carbocycles. The number of rotatable bonds is 3. The molecule has 0 spiro atoms. The molecule has 68 valence electrons. The van der Waals surface area contributed by atoms with E-state index in [-0.39, 0.29) is 17.7 Å². The maximum Gasteiger partial charge on any atom is 0.226 e. The van der Waals surface area contributed by atoms with E-state index in [9.17, 15) is 9.59 Å². The highest BCUT2D eigenvalue weighted by atomic mass is 16.2. The molecular weight excluding hydrogens is 154 g/mol. The van der Waals surface area contributed by atoms with Crippen molar-refractivity contribution in [1.82, 2.24) is 4.90 Å². The molecule has 0 radical (unpaired) electrons. The summed E-state index contributed by atoms with van der Waals surface area (Å²) in [5.41, 5.74) is 0. The molecule has 0 heterocycles. The zero-order chi connectivity index (χ0) is 9.72. The van der Waals surface area contributed by atoms with Gasteiger partial charge in [0.05, 0.1) is 0 Å². The van der Waals surface area contributed by atoms with Crippen molar-refractivity contribution in [1.29, 1.82) is 0 Å². The van der Waals surface area contributed by atoms with Crippen LogP contribution >= 0.6 is 0 Å². The Balaban J connectivity index is 4.23. The van der Waals surface area contributed by atoms with E-state index in [4.69, 9.17) is 0 Å². The van der Waals surface area contributed by atoms with Gasteiger partial charge in [-0.05, 0) is 5.92 Å². The van der Waals surface area contributed by atoms with Crippen LogP contribution in [0.3, 0.4) is 0 Å². The molecule has 0 bridgehead atoms. The molecule has 1 atom stereocenters. The monoisotopic (exact) mass is 169 g/mol. The number of hydrogen-bond donors (Lipinski definition) is 0. The lowest BCUT2D eigenvalue weighted by Crippen LogP contribution is -2.36. The van der Waals surface area contributed by atoms with Gasteiger partial charge in [-0.15, -0.1) is 6.58 Å². The van der Waals surface area contributed by atoms with Crippen LogP contribution < -0.4 is 0 Å². The Morgan fingerprint density at radius 1 is 1.42 bits per heavy atom. The van der Waals surface area contributed by atoms with E-state index in [0.29, 0.717) is 6.54 Å². The van der Waals surface area contributed by atoms with Crippen LogP contribution in [0.15, 0.2) is 12.7 Å². The van der Waals surface area contributed by atoms with Gasteiger partial charge < -0.3 is 0 Å². The molecule has 1 unspecified atom stereocenters. The summed E-state index contributed by atoms with van der Waals surface area (Å²) in [7, 11) is 0. The second-order valence-corrected chi connectivity index (χ2v) is 2.86. The quantitative estimate of drug-likeness (QED) is 0.595. The number of hydrogen-bond acceptors (Lipinski definition) is 2. The Labute approximate surface area is 73.1 Å². The third-order valence-corrected chi connectivity index (χ3v) is 1.63. The molecule has 0 aliphatic rings. The first-order chi connectivity index (χ1) is 5.49.